The van der Waals surface area contributed by atoms with Crippen molar-refractivity contribution in [1.29, 1.82) is 0 Å². The van der Waals surface area contributed by atoms with Gasteiger partial charge in [-0.05, 0) is 86.0 Å². The van der Waals surface area contributed by atoms with Crippen LogP contribution in [0.4, 0.5) is 4.39 Å². The van der Waals surface area contributed by atoms with Crippen LogP contribution in [0.2, 0.25) is 0 Å². The van der Waals surface area contributed by atoms with Crippen molar-refractivity contribution in [1.82, 2.24) is 0 Å². The molecule has 4 aliphatic carbocycles. The maximum absolute atomic E-state index is 13.0. The minimum atomic E-state index is -0.162. The lowest BCUT2D eigenvalue weighted by Gasteiger charge is -2.59. The standard InChI is InChI=1S/C18H24FNS/c19-15-1-3-16(4-2-15)21-11-17(20)18-8-12-5-13(9-18)7-14(6-12)10-18/h1-4,12-14,17H,5-11,20H2. The molecule has 4 fully saturated rings. The topological polar surface area (TPSA) is 26.0 Å². The predicted octanol–water partition coefficient (Wildman–Crippen LogP) is 4.46. The Bertz CT molecular complexity index is 477. The molecule has 0 aliphatic heterocycles. The van der Waals surface area contributed by atoms with Crippen molar-refractivity contribution >= 4 is 11.8 Å². The summed E-state index contributed by atoms with van der Waals surface area (Å²) in [5, 5.41) is 0. The fourth-order valence-corrected chi connectivity index (χ4v) is 6.58. The van der Waals surface area contributed by atoms with Crippen LogP contribution >= 0.6 is 11.8 Å². The molecule has 0 aromatic heterocycles. The molecule has 4 bridgehead atoms. The highest BCUT2D eigenvalue weighted by Gasteiger charge is 2.53. The van der Waals surface area contributed by atoms with Gasteiger partial charge in [0.15, 0.2) is 0 Å². The zero-order valence-electron chi connectivity index (χ0n) is 12.4. The molecule has 5 rings (SSSR count). The van der Waals surface area contributed by atoms with E-state index in [2.05, 4.69) is 0 Å². The second kappa shape index (κ2) is 5.27. The molecule has 3 heteroatoms. The molecule has 114 valence electrons. The molecule has 1 aromatic rings. The van der Waals surface area contributed by atoms with Crippen LogP contribution in [0.1, 0.15) is 38.5 Å². The van der Waals surface area contributed by atoms with Crippen molar-refractivity contribution in [2.24, 2.45) is 28.9 Å². The molecule has 2 N–H and O–H groups in total. The van der Waals surface area contributed by atoms with Crippen molar-refractivity contribution in [2.45, 2.75) is 49.5 Å². The van der Waals surface area contributed by atoms with Crippen LogP contribution in [0.15, 0.2) is 29.2 Å². The van der Waals surface area contributed by atoms with Crippen LogP contribution in [-0.2, 0) is 0 Å². The molecule has 0 amide bonds. The van der Waals surface area contributed by atoms with Crippen LogP contribution < -0.4 is 5.73 Å². The minimum Gasteiger partial charge on any atom is -0.326 e. The van der Waals surface area contributed by atoms with Gasteiger partial charge in [-0.2, -0.15) is 0 Å². The van der Waals surface area contributed by atoms with Gasteiger partial charge < -0.3 is 5.73 Å². The van der Waals surface area contributed by atoms with Crippen molar-refractivity contribution in [2.75, 3.05) is 5.75 Å². The maximum Gasteiger partial charge on any atom is 0.123 e. The molecule has 0 spiro atoms. The minimum absolute atomic E-state index is 0.162. The highest BCUT2D eigenvalue weighted by Crippen LogP contribution is 2.61. The lowest BCUT2D eigenvalue weighted by atomic mass is 9.48. The van der Waals surface area contributed by atoms with E-state index in [4.69, 9.17) is 5.73 Å². The van der Waals surface area contributed by atoms with Crippen LogP contribution in [0.5, 0.6) is 0 Å². The third-order valence-electron chi connectivity index (χ3n) is 6.12. The summed E-state index contributed by atoms with van der Waals surface area (Å²) >= 11 is 1.79. The Balaban J connectivity index is 1.42. The van der Waals surface area contributed by atoms with E-state index in [0.717, 1.165) is 28.4 Å². The lowest BCUT2D eigenvalue weighted by Crippen LogP contribution is -2.55. The summed E-state index contributed by atoms with van der Waals surface area (Å²) in [4.78, 5) is 1.14. The van der Waals surface area contributed by atoms with Gasteiger partial charge in [0, 0.05) is 16.7 Å². The van der Waals surface area contributed by atoms with E-state index in [1.54, 1.807) is 23.9 Å². The van der Waals surface area contributed by atoms with E-state index in [1.165, 1.54) is 38.5 Å². The van der Waals surface area contributed by atoms with Crippen LogP contribution in [0.3, 0.4) is 0 Å². The average Bonchev–Trinajstić information content (AvgIpc) is 2.45. The van der Waals surface area contributed by atoms with Crippen molar-refractivity contribution < 1.29 is 4.39 Å². The first-order valence-electron chi connectivity index (χ1n) is 8.27. The molecule has 4 aliphatic rings. The monoisotopic (exact) mass is 305 g/mol. The van der Waals surface area contributed by atoms with E-state index in [1.807, 2.05) is 12.1 Å². The molecule has 1 atom stereocenters. The molecule has 0 saturated heterocycles. The van der Waals surface area contributed by atoms with Crippen molar-refractivity contribution in [3.8, 4) is 0 Å². The summed E-state index contributed by atoms with van der Waals surface area (Å²) < 4.78 is 13.0. The largest absolute Gasteiger partial charge is 0.326 e. The van der Waals surface area contributed by atoms with Crippen molar-refractivity contribution in [3.05, 3.63) is 30.1 Å². The SMILES string of the molecule is NC(CSc1ccc(F)cc1)C12CC3CC(CC(C3)C1)C2. The Morgan fingerprint density at radius 3 is 2.10 bits per heavy atom. The normalized spacial score (nSPS) is 38.7. The van der Waals surface area contributed by atoms with E-state index >= 15 is 0 Å². The van der Waals surface area contributed by atoms with E-state index in [-0.39, 0.29) is 5.82 Å². The van der Waals surface area contributed by atoms with Gasteiger partial charge in [0.05, 0.1) is 0 Å². The summed E-state index contributed by atoms with van der Waals surface area (Å²) in [6.45, 7) is 0. The first-order valence-corrected chi connectivity index (χ1v) is 9.25. The average molecular weight is 305 g/mol. The second-order valence-electron chi connectivity index (χ2n) is 7.65. The van der Waals surface area contributed by atoms with Gasteiger partial charge in [-0.1, -0.05) is 0 Å². The van der Waals surface area contributed by atoms with Gasteiger partial charge in [0.2, 0.25) is 0 Å². The quantitative estimate of drug-likeness (QED) is 0.831. The first kappa shape index (κ1) is 14.1. The lowest BCUT2D eigenvalue weighted by molar-refractivity contribution is -0.0629. The highest BCUT2D eigenvalue weighted by molar-refractivity contribution is 7.99. The molecule has 1 nitrogen and oxygen atoms in total. The first-order chi connectivity index (χ1) is 10.1. The molecular weight excluding hydrogens is 281 g/mol. The third kappa shape index (κ3) is 2.63. The Morgan fingerprint density at radius 1 is 1.05 bits per heavy atom. The highest BCUT2D eigenvalue weighted by atomic mass is 32.2. The molecule has 1 unspecified atom stereocenters. The van der Waals surface area contributed by atoms with Crippen molar-refractivity contribution in [3.63, 3.8) is 0 Å². The Kier molecular flexibility index (Phi) is 3.54. The van der Waals surface area contributed by atoms with Gasteiger partial charge >= 0.3 is 0 Å². The van der Waals surface area contributed by atoms with Gasteiger partial charge in [0.25, 0.3) is 0 Å². The van der Waals surface area contributed by atoms with Gasteiger partial charge in [-0.25, -0.2) is 4.39 Å². The molecule has 1 aromatic carbocycles. The molecule has 4 saturated carbocycles. The maximum atomic E-state index is 13.0. The Labute approximate surface area is 130 Å². The fourth-order valence-electron chi connectivity index (χ4n) is 5.53. The fraction of sp³-hybridized carbons (Fsp3) is 0.667. The van der Waals surface area contributed by atoms with E-state index in [9.17, 15) is 4.39 Å². The van der Waals surface area contributed by atoms with Crippen LogP contribution in [0.25, 0.3) is 0 Å². The molecular formula is C18H24FNS. The number of benzene rings is 1. The molecule has 0 radical (unpaired) electrons. The number of nitrogens with two attached hydrogens (primary N) is 1. The summed E-state index contributed by atoms with van der Waals surface area (Å²) in [6, 6.07) is 7.11. The third-order valence-corrected chi connectivity index (χ3v) is 7.25. The van der Waals surface area contributed by atoms with Gasteiger partial charge in [-0.15, -0.1) is 11.8 Å². The smallest absolute Gasteiger partial charge is 0.123 e. The van der Waals surface area contributed by atoms with E-state index in [0.29, 0.717) is 11.5 Å². The Morgan fingerprint density at radius 2 is 1.57 bits per heavy atom. The summed E-state index contributed by atoms with van der Waals surface area (Å²) in [7, 11) is 0. The van der Waals surface area contributed by atoms with Crippen LogP contribution in [-0.4, -0.2) is 11.8 Å². The molecule has 0 heterocycles. The number of halogens is 1. The number of thioether (sulfide) groups is 1. The van der Waals surface area contributed by atoms with Crippen LogP contribution in [0, 0.1) is 29.0 Å². The second-order valence-corrected chi connectivity index (χ2v) is 8.74. The summed E-state index contributed by atoms with van der Waals surface area (Å²) in [6.07, 6.45) is 8.50. The Hall–Kier alpha value is -0.540. The summed E-state index contributed by atoms with van der Waals surface area (Å²) in [5.41, 5.74) is 7.07. The number of hydrogen-bond donors (Lipinski definition) is 1. The van der Waals surface area contributed by atoms with Gasteiger partial charge in [0.1, 0.15) is 5.82 Å². The van der Waals surface area contributed by atoms with E-state index < -0.39 is 0 Å². The zero-order valence-corrected chi connectivity index (χ0v) is 13.2. The zero-order chi connectivity index (χ0) is 14.4. The number of rotatable bonds is 4. The number of hydrogen-bond acceptors (Lipinski definition) is 2. The van der Waals surface area contributed by atoms with Gasteiger partial charge in [-0.3, -0.25) is 0 Å². The summed E-state index contributed by atoms with van der Waals surface area (Å²) in [5.74, 6) is 3.68. The molecule has 21 heavy (non-hydrogen) atoms. The predicted molar refractivity (Wildman–Crippen MR) is 85.7 cm³/mol.